The van der Waals surface area contributed by atoms with Crippen LogP contribution in [-0.2, 0) is 9.53 Å². The maximum absolute atomic E-state index is 11.2. The van der Waals surface area contributed by atoms with Gasteiger partial charge in [0.05, 0.1) is 13.5 Å². The standard InChI is InChI=1S/C11H22N2O2/c1-8-6-13(7-9(2)12-8)10(3)5-11(14)15-4/h8-10,12H,5-7H2,1-4H3. The Balaban J connectivity index is 2.44. The lowest BCUT2D eigenvalue weighted by Crippen LogP contribution is -2.56. The first-order chi connectivity index (χ1) is 7.02. The number of piperazine rings is 1. The number of nitrogens with one attached hydrogen (secondary N) is 1. The monoisotopic (exact) mass is 214 g/mol. The van der Waals surface area contributed by atoms with E-state index in [0.717, 1.165) is 13.1 Å². The number of carbonyl (C=O) groups is 1. The summed E-state index contributed by atoms with van der Waals surface area (Å²) < 4.78 is 4.68. The van der Waals surface area contributed by atoms with Gasteiger partial charge in [0.15, 0.2) is 0 Å². The van der Waals surface area contributed by atoms with Crippen molar-refractivity contribution < 1.29 is 9.53 Å². The summed E-state index contributed by atoms with van der Waals surface area (Å²) in [5, 5.41) is 3.47. The van der Waals surface area contributed by atoms with Gasteiger partial charge in [-0.15, -0.1) is 0 Å². The second-order valence-corrected chi connectivity index (χ2v) is 4.55. The van der Waals surface area contributed by atoms with Gasteiger partial charge in [-0.25, -0.2) is 0 Å². The fraction of sp³-hybridized carbons (Fsp3) is 0.909. The average Bonchev–Trinajstić information content (AvgIpc) is 2.16. The molecule has 0 radical (unpaired) electrons. The molecule has 88 valence electrons. The summed E-state index contributed by atoms with van der Waals surface area (Å²) in [4.78, 5) is 13.5. The zero-order valence-corrected chi connectivity index (χ0v) is 10.1. The van der Waals surface area contributed by atoms with Crippen LogP contribution in [0.1, 0.15) is 27.2 Å². The fourth-order valence-corrected chi connectivity index (χ4v) is 2.18. The van der Waals surface area contributed by atoms with Gasteiger partial charge in [0.1, 0.15) is 0 Å². The number of carbonyl (C=O) groups excluding carboxylic acids is 1. The highest BCUT2D eigenvalue weighted by atomic mass is 16.5. The van der Waals surface area contributed by atoms with Gasteiger partial charge in [0.25, 0.3) is 0 Å². The molecule has 3 atom stereocenters. The third-order valence-corrected chi connectivity index (χ3v) is 2.90. The van der Waals surface area contributed by atoms with Crippen molar-refractivity contribution in [2.45, 2.75) is 45.3 Å². The van der Waals surface area contributed by atoms with Crippen molar-refractivity contribution in [2.24, 2.45) is 0 Å². The predicted octanol–water partition coefficient (Wildman–Crippen LogP) is 0.620. The first-order valence-electron chi connectivity index (χ1n) is 5.59. The van der Waals surface area contributed by atoms with Gasteiger partial charge in [0.2, 0.25) is 0 Å². The van der Waals surface area contributed by atoms with Crippen molar-refractivity contribution >= 4 is 5.97 Å². The highest BCUT2D eigenvalue weighted by Crippen LogP contribution is 2.11. The third kappa shape index (κ3) is 3.80. The molecule has 1 rings (SSSR count). The molecule has 4 heteroatoms. The molecular weight excluding hydrogens is 192 g/mol. The molecule has 15 heavy (non-hydrogen) atoms. The van der Waals surface area contributed by atoms with E-state index in [1.807, 2.05) is 0 Å². The summed E-state index contributed by atoms with van der Waals surface area (Å²) >= 11 is 0. The Labute approximate surface area is 92.0 Å². The van der Waals surface area contributed by atoms with Gasteiger partial charge in [-0.3, -0.25) is 9.69 Å². The Morgan fingerprint density at radius 2 is 2.00 bits per heavy atom. The molecule has 0 bridgehead atoms. The molecule has 1 heterocycles. The molecular formula is C11H22N2O2. The molecule has 0 aromatic heterocycles. The number of methoxy groups -OCH3 is 1. The minimum Gasteiger partial charge on any atom is -0.469 e. The van der Waals surface area contributed by atoms with Crippen molar-refractivity contribution in [3.63, 3.8) is 0 Å². The van der Waals surface area contributed by atoms with Crippen LogP contribution in [0.15, 0.2) is 0 Å². The first kappa shape index (κ1) is 12.5. The highest BCUT2D eigenvalue weighted by molar-refractivity contribution is 5.69. The van der Waals surface area contributed by atoms with Gasteiger partial charge in [0, 0.05) is 31.2 Å². The molecule has 0 spiro atoms. The molecule has 4 nitrogen and oxygen atoms in total. The number of esters is 1. The zero-order chi connectivity index (χ0) is 11.4. The van der Waals surface area contributed by atoms with E-state index >= 15 is 0 Å². The Morgan fingerprint density at radius 3 is 2.47 bits per heavy atom. The quantitative estimate of drug-likeness (QED) is 0.699. The average molecular weight is 214 g/mol. The van der Waals surface area contributed by atoms with E-state index in [4.69, 9.17) is 0 Å². The van der Waals surface area contributed by atoms with E-state index in [9.17, 15) is 4.79 Å². The Kier molecular flexibility index (Phi) is 4.54. The largest absolute Gasteiger partial charge is 0.469 e. The van der Waals surface area contributed by atoms with Crippen molar-refractivity contribution in [1.29, 1.82) is 0 Å². The lowest BCUT2D eigenvalue weighted by Gasteiger charge is -2.39. The molecule has 1 aliphatic rings. The summed E-state index contributed by atoms with van der Waals surface area (Å²) in [6.07, 6.45) is 0.482. The van der Waals surface area contributed by atoms with Crippen molar-refractivity contribution in [1.82, 2.24) is 10.2 Å². The van der Waals surface area contributed by atoms with Crippen LogP contribution >= 0.6 is 0 Å². The van der Waals surface area contributed by atoms with Gasteiger partial charge in [-0.05, 0) is 20.8 Å². The van der Waals surface area contributed by atoms with E-state index in [1.54, 1.807) is 0 Å². The van der Waals surface area contributed by atoms with E-state index in [-0.39, 0.29) is 12.0 Å². The molecule has 1 saturated heterocycles. The summed E-state index contributed by atoms with van der Waals surface area (Å²) in [5.41, 5.74) is 0. The summed E-state index contributed by atoms with van der Waals surface area (Å²) in [6, 6.07) is 1.26. The maximum Gasteiger partial charge on any atom is 0.307 e. The molecule has 0 saturated carbocycles. The Morgan fingerprint density at radius 1 is 1.47 bits per heavy atom. The third-order valence-electron chi connectivity index (χ3n) is 2.90. The topological polar surface area (TPSA) is 41.6 Å². The van der Waals surface area contributed by atoms with Gasteiger partial charge in [-0.2, -0.15) is 0 Å². The second kappa shape index (κ2) is 5.47. The highest BCUT2D eigenvalue weighted by Gasteiger charge is 2.25. The van der Waals surface area contributed by atoms with E-state index in [0.29, 0.717) is 18.5 Å². The number of hydrogen-bond donors (Lipinski definition) is 1. The molecule has 1 aliphatic heterocycles. The smallest absolute Gasteiger partial charge is 0.307 e. The Hall–Kier alpha value is -0.610. The minimum atomic E-state index is -0.124. The van der Waals surface area contributed by atoms with Crippen LogP contribution in [0.5, 0.6) is 0 Å². The zero-order valence-electron chi connectivity index (χ0n) is 10.1. The number of hydrogen-bond acceptors (Lipinski definition) is 4. The molecule has 0 amide bonds. The fourth-order valence-electron chi connectivity index (χ4n) is 2.18. The van der Waals surface area contributed by atoms with Gasteiger partial charge >= 0.3 is 5.97 Å². The van der Waals surface area contributed by atoms with Gasteiger partial charge in [-0.1, -0.05) is 0 Å². The van der Waals surface area contributed by atoms with Gasteiger partial charge < -0.3 is 10.1 Å². The van der Waals surface area contributed by atoms with Crippen LogP contribution in [0.4, 0.5) is 0 Å². The maximum atomic E-state index is 11.2. The van der Waals surface area contributed by atoms with E-state index in [2.05, 4.69) is 35.7 Å². The lowest BCUT2D eigenvalue weighted by molar-refractivity contribution is -0.142. The SMILES string of the molecule is COC(=O)CC(C)N1CC(C)NC(C)C1. The molecule has 0 aromatic carbocycles. The van der Waals surface area contributed by atoms with Crippen molar-refractivity contribution in [2.75, 3.05) is 20.2 Å². The molecule has 3 unspecified atom stereocenters. The number of nitrogens with zero attached hydrogens (tertiary/aromatic N) is 1. The molecule has 0 aliphatic carbocycles. The molecule has 1 N–H and O–H groups in total. The summed E-state index contributed by atoms with van der Waals surface area (Å²) in [6.45, 7) is 8.44. The van der Waals surface area contributed by atoms with Crippen molar-refractivity contribution in [3.8, 4) is 0 Å². The van der Waals surface area contributed by atoms with Crippen molar-refractivity contribution in [3.05, 3.63) is 0 Å². The van der Waals surface area contributed by atoms with Crippen LogP contribution < -0.4 is 5.32 Å². The van der Waals surface area contributed by atoms with E-state index in [1.165, 1.54) is 7.11 Å². The van der Waals surface area contributed by atoms with E-state index < -0.39 is 0 Å². The number of rotatable bonds is 3. The van der Waals surface area contributed by atoms with Crippen LogP contribution in [0.25, 0.3) is 0 Å². The second-order valence-electron chi connectivity index (χ2n) is 4.55. The lowest BCUT2D eigenvalue weighted by atomic mass is 10.1. The van der Waals surface area contributed by atoms with Crippen LogP contribution in [0.2, 0.25) is 0 Å². The van der Waals surface area contributed by atoms with Crippen LogP contribution in [-0.4, -0.2) is 49.2 Å². The number of ether oxygens (including phenoxy) is 1. The predicted molar refractivity (Wildman–Crippen MR) is 59.7 cm³/mol. The minimum absolute atomic E-state index is 0.124. The molecule has 1 fully saturated rings. The van der Waals surface area contributed by atoms with Crippen LogP contribution in [0.3, 0.4) is 0 Å². The Bertz CT molecular complexity index is 211. The summed E-state index contributed by atoms with van der Waals surface area (Å²) in [5.74, 6) is -0.124. The molecule has 0 aromatic rings. The van der Waals surface area contributed by atoms with Crippen LogP contribution in [0, 0.1) is 0 Å². The first-order valence-corrected chi connectivity index (χ1v) is 5.59. The summed E-state index contributed by atoms with van der Waals surface area (Å²) in [7, 11) is 1.44. The normalized spacial score (nSPS) is 29.9.